The molecule has 142 valence electrons. The quantitative estimate of drug-likeness (QED) is 0.598. The minimum atomic E-state index is -0.846. The standard InChI is InChI=1S/C24H23NO3/c1-18(24(27)25(2)22-11-7-4-8-12-22)28-23(26)17-19-13-15-21(16-14-19)20-9-5-3-6-10-20/h3-16,18H,17H2,1-2H3/t18-/m0/s1. The van der Waals surface area contributed by atoms with Crippen molar-refractivity contribution in [3.8, 4) is 11.1 Å². The van der Waals surface area contributed by atoms with Crippen LogP contribution in [-0.4, -0.2) is 25.0 Å². The molecule has 3 rings (SSSR count). The molecule has 0 aliphatic heterocycles. The van der Waals surface area contributed by atoms with Crippen LogP contribution in [0.2, 0.25) is 0 Å². The average molecular weight is 373 g/mol. The average Bonchev–Trinajstić information content (AvgIpc) is 2.74. The summed E-state index contributed by atoms with van der Waals surface area (Å²) in [5, 5.41) is 0. The predicted octanol–water partition coefficient (Wildman–Crippen LogP) is 4.49. The molecule has 0 N–H and O–H groups in total. The normalized spacial score (nSPS) is 11.5. The molecule has 28 heavy (non-hydrogen) atoms. The van der Waals surface area contributed by atoms with Gasteiger partial charge in [0, 0.05) is 12.7 Å². The molecule has 0 aliphatic carbocycles. The second-order valence-corrected chi connectivity index (χ2v) is 6.60. The second-order valence-electron chi connectivity index (χ2n) is 6.60. The number of amides is 1. The summed E-state index contributed by atoms with van der Waals surface area (Å²) in [6.07, 6.45) is -0.719. The van der Waals surface area contributed by atoms with Gasteiger partial charge < -0.3 is 9.64 Å². The lowest BCUT2D eigenvalue weighted by molar-refractivity contribution is -0.153. The molecule has 3 aromatic carbocycles. The molecule has 0 aliphatic rings. The number of anilines is 1. The summed E-state index contributed by atoms with van der Waals surface area (Å²) in [6.45, 7) is 1.60. The summed E-state index contributed by atoms with van der Waals surface area (Å²) in [5.41, 5.74) is 3.82. The molecule has 3 aromatic rings. The third-order valence-corrected chi connectivity index (χ3v) is 4.54. The number of ether oxygens (including phenoxy) is 1. The molecule has 4 heteroatoms. The third kappa shape index (κ3) is 4.86. The molecule has 0 heterocycles. The Labute approximate surface area is 165 Å². The first-order chi connectivity index (χ1) is 13.5. The van der Waals surface area contributed by atoms with E-state index < -0.39 is 12.1 Å². The van der Waals surface area contributed by atoms with Crippen molar-refractivity contribution in [1.82, 2.24) is 0 Å². The molecule has 0 spiro atoms. The first kappa shape index (κ1) is 19.4. The Morgan fingerprint density at radius 1 is 0.821 bits per heavy atom. The molecule has 0 aromatic heterocycles. The number of carbonyl (C=O) groups is 2. The van der Waals surface area contributed by atoms with Gasteiger partial charge in [0.1, 0.15) is 0 Å². The van der Waals surface area contributed by atoms with Crippen LogP contribution >= 0.6 is 0 Å². The van der Waals surface area contributed by atoms with Gasteiger partial charge >= 0.3 is 5.97 Å². The Morgan fingerprint density at radius 3 is 1.96 bits per heavy atom. The topological polar surface area (TPSA) is 46.6 Å². The first-order valence-electron chi connectivity index (χ1n) is 9.21. The Balaban J connectivity index is 1.57. The lowest BCUT2D eigenvalue weighted by Gasteiger charge is -2.21. The Kier molecular flexibility index (Phi) is 6.22. The summed E-state index contributed by atoms with van der Waals surface area (Å²) >= 11 is 0. The van der Waals surface area contributed by atoms with Crippen LogP contribution in [-0.2, 0) is 20.7 Å². The van der Waals surface area contributed by atoms with Gasteiger partial charge in [0.15, 0.2) is 6.10 Å². The predicted molar refractivity (Wildman–Crippen MR) is 111 cm³/mol. The smallest absolute Gasteiger partial charge is 0.311 e. The van der Waals surface area contributed by atoms with Gasteiger partial charge in [-0.15, -0.1) is 0 Å². The van der Waals surface area contributed by atoms with Gasteiger partial charge in [-0.3, -0.25) is 9.59 Å². The molecule has 0 saturated carbocycles. The van der Waals surface area contributed by atoms with Crippen molar-refractivity contribution in [2.75, 3.05) is 11.9 Å². The van der Waals surface area contributed by atoms with Crippen LogP contribution in [0.3, 0.4) is 0 Å². The molecule has 0 radical (unpaired) electrons. The molecular weight excluding hydrogens is 350 g/mol. The molecule has 4 nitrogen and oxygen atoms in total. The van der Waals surface area contributed by atoms with Crippen LogP contribution in [0.5, 0.6) is 0 Å². The molecule has 0 bridgehead atoms. The zero-order valence-corrected chi connectivity index (χ0v) is 16.0. The summed E-state index contributed by atoms with van der Waals surface area (Å²) < 4.78 is 5.34. The van der Waals surface area contributed by atoms with E-state index >= 15 is 0 Å². The van der Waals surface area contributed by atoms with E-state index in [0.717, 1.165) is 22.4 Å². The van der Waals surface area contributed by atoms with Crippen LogP contribution in [0.25, 0.3) is 11.1 Å². The van der Waals surface area contributed by atoms with Gasteiger partial charge in [-0.1, -0.05) is 72.8 Å². The van der Waals surface area contributed by atoms with Gasteiger partial charge in [0.05, 0.1) is 6.42 Å². The van der Waals surface area contributed by atoms with Crippen LogP contribution in [0.15, 0.2) is 84.9 Å². The SMILES string of the molecule is C[C@H](OC(=O)Cc1ccc(-c2ccccc2)cc1)C(=O)N(C)c1ccccc1. The zero-order valence-electron chi connectivity index (χ0n) is 16.0. The van der Waals surface area contributed by atoms with Gasteiger partial charge in [-0.05, 0) is 35.7 Å². The number of nitrogens with zero attached hydrogens (tertiary/aromatic N) is 1. The van der Waals surface area contributed by atoms with Gasteiger partial charge in [0.2, 0.25) is 0 Å². The number of likely N-dealkylation sites (N-methyl/N-ethyl adjacent to an activating group) is 1. The van der Waals surface area contributed by atoms with E-state index in [-0.39, 0.29) is 12.3 Å². The van der Waals surface area contributed by atoms with E-state index in [9.17, 15) is 9.59 Å². The van der Waals surface area contributed by atoms with Crippen molar-refractivity contribution in [3.63, 3.8) is 0 Å². The van der Waals surface area contributed by atoms with Crippen molar-refractivity contribution < 1.29 is 14.3 Å². The molecule has 0 unspecified atom stereocenters. The van der Waals surface area contributed by atoms with Crippen LogP contribution in [0.4, 0.5) is 5.69 Å². The molecule has 1 amide bonds. The van der Waals surface area contributed by atoms with Gasteiger partial charge in [0.25, 0.3) is 5.91 Å². The van der Waals surface area contributed by atoms with Crippen LogP contribution in [0.1, 0.15) is 12.5 Å². The number of para-hydroxylation sites is 1. The third-order valence-electron chi connectivity index (χ3n) is 4.54. The second kappa shape index (κ2) is 9.00. The summed E-state index contributed by atoms with van der Waals surface area (Å²) in [7, 11) is 1.67. The largest absolute Gasteiger partial charge is 0.452 e. The minimum absolute atomic E-state index is 0.127. The van der Waals surface area contributed by atoms with Gasteiger partial charge in [-0.25, -0.2) is 0 Å². The highest BCUT2D eigenvalue weighted by Gasteiger charge is 2.22. The molecule has 1 atom stereocenters. The van der Waals surface area contributed by atoms with Crippen LogP contribution < -0.4 is 4.90 Å². The fourth-order valence-electron chi connectivity index (χ4n) is 2.95. The first-order valence-corrected chi connectivity index (χ1v) is 9.21. The summed E-state index contributed by atoms with van der Waals surface area (Å²) in [6, 6.07) is 27.1. The maximum Gasteiger partial charge on any atom is 0.311 e. The number of benzene rings is 3. The monoisotopic (exact) mass is 373 g/mol. The maximum atomic E-state index is 12.5. The highest BCUT2D eigenvalue weighted by atomic mass is 16.5. The molecular formula is C24H23NO3. The number of esters is 1. The van der Waals surface area contributed by atoms with E-state index in [1.165, 1.54) is 4.90 Å². The highest BCUT2D eigenvalue weighted by Crippen LogP contribution is 2.20. The molecule has 0 saturated heterocycles. The van der Waals surface area contributed by atoms with E-state index in [2.05, 4.69) is 0 Å². The maximum absolute atomic E-state index is 12.5. The van der Waals surface area contributed by atoms with Crippen molar-refractivity contribution in [2.24, 2.45) is 0 Å². The molecule has 0 fully saturated rings. The Bertz CT molecular complexity index is 921. The van der Waals surface area contributed by atoms with E-state index in [0.29, 0.717) is 0 Å². The lowest BCUT2D eigenvalue weighted by atomic mass is 10.0. The van der Waals surface area contributed by atoms with Crippen molar-refractivity contribution in [2.45, 2.75) is 19.4 Å². The summed E-state index contributed by atoms with van der Waals surface area (Å²) in [4.78, 5) is 26.2. The van der Waals surface area contributed by atoms with Crippen molar-refractivity contribution >= 4 is 17.6 Å². The Morgan fingerprint density at radius 2 is 1.36 bits per heavy atom. The fraction of sp³-hybridized carbons (Fsp3) is 0.167. The highest BCUT2D eigenvalue weighted by molar-refractivity contribution is 5.96. The lowest BCUT2D eigenvalue weighted by Crippen LogP contribution is -2.37. The number of rotatable bonds is 6. The number of hydrogen-bond acceptors (Lipinski definition) is 3. The van der Waals surface area contributed by atoms with E-state index in [4.69, 9.17) is 4.74 Å². The minimum Gasteiger partial charge on any atom is -0.452 e. The van der Waals surface area contributed by atoms with Crippen LogP contribution in [0, 0.1) is 0 Å². The zero-order chi connectivity index (χ0) is 19.9. The van der Waals surface area contributed by atoms with E-state index in [1.54, 1.807) is 14.0 Å². The van der Waals surface area contributed by atoms with Crippen molar-refractivity contribution in [1.29, 1.82) is 0 Å². The number of hydrogen-bond donors (Lipinski definition) is 0. The summed E-state index contributed by atoms with van der Waals surface area (Å²) in [5.74, 6) is -0.686. The van der Waals surface area contributed by atoms with E-state index in [1.807, 2.05) is 84.9 Å². The van der Waals surface area contributed by atoms with Crippen molar-refractivity contribution in [3.05, 3.63) is 90.5 Å². The Hall–Kier alpha value is -3.40. The number of carbonyl (C=O) groups excluding carboxylic acids is 2. The van der Waals surface area contributed by atoms with Gasteiger partial charge in [-0.2, -0.15) is 0 Å². The fourth-order valence-corrected chi connectivity index (χ4v) is 2.95.